The maximum Gasteiger partial charge on any atom is 0.328 e. The average molecular weight is 593 g/mol. The normalized spacial score (nSPS) is 12.6. The Labute approximate surface area is 265 Å². The largest absolute Gasteiger partial charge is 0.328 e. The summed E-state index contributed by atoms with van der Waals surface area (Å²) >= 11 is 0. The number of rotatable bonds is 10. The van der Waals surface area contributed by atoms with E-state index in [4.69, 9.17) is 19.9 Å². The van der Waals surface area contributed by atoms with Crippen LogP contribution in [0.4, 0.5) is 0 Å². The molecule has 0 N–H and O–H groups in total. The SMILES string of the molecule is CC(C)c1cncc(-c2ccnc(-[n+]3cc(C(C)CCC(C)c4cncc(-c5ccccc5)n4)ncc3-c3ccccc3)c2)n1. The second kappa shape index (κ2) is 13.6. The van der Waals surface area contributed by atoms with Crippen LogP contribution in [0.1, 0.15) is 75.4 Å². The Balaban J connectivity index is 1.28. The van der Waals surface area contributed by atoms with Crippen molar-refractivity contribution in [3.63, 3.8) is 0 Å². The summed E-state index contributed by atoms with van der Waals surface area (Å²) in [6.07, 6.45) is 15.2. The van der Waals surface area contributed by atoms with E-state index in [0.29, 0.717) is 5.92 Å². The van der Waals surface area contributed by atoms with Gasteiger partial charge in [0.05, 0.1) is 47.1 Å². The van der Waals surface area contributed by atoms with Crippen LogP contribution < -0.4 is 4.57 Å². The van der Waals surface area contributed by atoms with Crippen molar-refractivity contribution in [2.45, 2.75) is 58.3 Å². The van der Waals surface area contributed by atoms with Crippen LogP contribution in [-0.2, 0) is 0 Å². The molecule has 7 heteroatoms. The first-order valence-corrected chi connectivity index (χ1v) is 15.6. The van der Waals surface area contributed by atoms with E-state index in [9.17, 15) is 0 Å². The summed E-state index contributed by atoms with van der Waals surface area (Å²) in [7, 11) is 0. The Bertz CT molecular complexity index is 1870. The Morgan fingerprint density at radius 3 is 1.87 bits per heavy atom. The van der Waals surface area contributed by atoms with Crippen LogP contribution in [0, 0.1) is 0 Å². The molecule has 0 saturated carbocycles. The zero-order valence-electron chi connectivity index (χ0n) is 26.2. The van der Waals surface area contributed by atoms with Gasteiger partial charge in [0.15, 0.2) is 5.69 Å². The van der Waals surface area contributed by atoms with Gasteiger partial charge in [-0.3, -0.25) is 15.0 Å². The summed E-state index contributed by atoms with van der Waals surface area (Å²) in [5.74, 6) is 1.59. The Hall–Kier alpha value is -5.17. The van der Waals surface area contributed by atoms with Gasteiger partial charge in [0.2, 0.25) is 0 Å². The minimum Gasteiger partial charge on any atom is -0.261 e. The molecule has 2 unspecified atom stereocenters. The minimum atomic E-state index is 0.227. The number of benzene rings is 2. The van der Waals surface area contributed by atoms with Crippen molar-refractivity contribution in [3.8, 4) is 39.6 Å². The van der Waals surface area contributed by atoms with Gasteiger partial charge >= 0.3 is 5.82 Å². The van der Waals surface area contributed by atoms with Gasteiger partial charge in [-0.2, -0.15) is 4.57 Å². The molecule has 2 atom stereocenters. The predicted molar refractivity (Wildman–Crippen MR) is 178 cm³/mol. The van der Waals surface area contributed by atoms with Gasteiger partial charge < -0.3 is 0 Å². The van der Waals surface area contributed by atoms with E-state index in [1.807, 2.05) is 79.6 Å². The molecule has 0 aliphatic carbocycles. The number of nitrogens with zero attached hydrogens (tertiary/aromatic N) is 7. The Kier molecular flexibility index (Phi) is 9.06. The topological polar surface area (TPSA) is 81.2 Å². The molecule has 0 amide bonds. The first-order valence-electron chi connectivity index (χ1n) is 15.6. The van der Waals surface area contributed by atoms with Gasteiger partial charge in [0.1, 0.15) is 12.4 Å². The summed E-state index contributed by atoms with van der Waals surface area (Å²) in [4.78, 5) is 28.5. The van der Waals surface area contributed by atoms with Crippen molar-refractivity contribution >= 4 is 0 Å². The van der Waals surface area contributed by atoms with E-state index in [1.54, 1.807) is 0 Å². The monoisotopic (exact) mass is 592 g/mol. The molecule has 0 bridgehead atoms. The van der Waals surface area contributed by atoms with Crippen molar-refractivity contribution in [1.82, 2.24) is 29.9 Å². The van der Waals surface area contributed by atoms with Crippen LogP contribution in [0.2, 0.25) is 0 Å². The highest BCUT2D eigenvalue weighted by molar-refractivity contribution is 5.60. The van der Waals surface area contributed by atoms with E-state index < -0.39 is 0 Å². The lowest BCUT2D eigenvalue weighted by molar-refractivity contribution is -0.589. The minimum absolute atomic E-state index is 0.227. The third-order valence-electron chi connectivity index (χ3n) is 8.22. The van der Waals surface area contributed by atoms with Gasteiger partial charge in [0.25, 0.3) is 0 Å². The lowest BCUT2D eigenvalue weighted by atomic mass is 9.94. The number of hydrogen-bond donors (Lipinski definition) is 0. The Morgan fingerprint density at radius 1 is 0.578 bits per heavy atom. The maximum atomic E-state index is 4.96. The van der Waals surface area contributed by atoms with Gasteiger partial charge in [-0.05, 0) is 35.7 Å². The molecule has 0 spiro atoms. The molecule has 6 rings (SSSR count). The summed E-state index contributed by atoms with van der Waals surface area (Å²) in [5, 5.41) is 0. The molecule has 224 valence electrons. The Morgan fingerprint density at radius 2 is 1.18 bits per heavy atom. The fourth-order valence-corrected chi connectivity index (χ4v) is 5.37. The molecule has 0 aliphatic rings. The summed E-state index contributed by atoms with van der Waals surface area (Å²) in [5.41, 5.74) is 8.83. The predicted octanol–water partition coefficient (Wildman–Crippen LogP) is 8.15. The fraction of sp³-hybridized carbons (Fsp3) is 0.237. The van der Waals surface area contributed by atoms with Gasteiger partial charge in [-0.25, -0.2) is 9.97 Å². The first-order chi connectivity index (χ1) is 22.0. The summed E-state index contributed by atoms with van der Waals surface area (Å²) in [6.45, 7) is 8.72. The molecule has 7 nitrogen and oxygen atoms in total. The highest BCUT2D eigenvalue weighted by atomic mass is 15.1. The number of pyridine rings is 1. The first kappa shape index (κ1) is 29.9. The van der Waals surface area contributed by atoms with E-state index in [0.717, 1.165) is 69.5 Å². The standard InChI is InChI=1S/C38H38N7/c1-26(2)32-20-39-23-35(43-32)31-17-18-41-38(19-31)45-25-36(42-24-37(45)30-13-9-6-10-14-30)28(4)16-15-27(3)33-21-40-22-34(44-33)29-11-7-5-8-12-29/h5-14,17-28H,15-16H2,1-4H3/q+1. The third-order valence-corrected chi connectivity index (χ3v) is 8.22. The van der Waals surface area contributed by atoms with Crippen LogP contribution in [-0.4, -0.2) is 29.9 Å². The molecule has 4 aromatic heterocycles. The number of aromatic nitrogens is 7. The van der Waals surface area contributed by atoms with Crippen molar-refractivity contribution < 1.29 is 4.57 Å². The molecular weight excluding hydrogens is 554 g/mol. The van der Waals surface area contributed by atoms with Crippen molar-refractivity contribution in [3.05, 3.63) is 133 Å². The van der Waals surface area contributed by atoms with Crippen LogP contribution in [0.15, 0.2) is 116 Å². The second-order valence-electron chi connectivity index (χ2n) is 11.9. The summed E-state index contributed by atoms with van der Waals surface area (Å²) in [6, 6.07) is 24.6. The van der Waals surface area contributed by atoms with Gasteiger partial charge in [0, 0.05) is 41.1 Å². The molecule has 2 aromatic carbocycles. The highest BCUT2D eigenvalue weighted by Crippen LogP contribution is 2.28. The molecule has 45 heavy (non-hydrogen) atoms. The molecular formula is C38H38N7+. The van der Waals surface area contributed by atoms with E-state index >= 15 is 0 Å². The second-order valence-corrected chi connectivity index (χ2v) is 11.9. The van der Waals surface area contributed by atoms with Gasteiger partial charge in [-0.1, -0.05) is 88.4 Å². The lowest BCUT2D eigenvalue weighted by Gasteiger charge is -2.16. The molecule has 0 saturated heterocycles. The van der Waals surface area contributed by atoms with Crippen LogP contribution in [0.3, 0.4) is 0 Å². The van der Waals surface area contributed by atoms with E-state index in [2.05, 4.69) is 78.8 Å². The van der Waals surface area contributed by atoms with Crippen LogP contribution in [0.25, 0.3) is 39.6 Å². The van der Waals surface area contributed by atoms with Crippen molar-refractivity contribution in [2.75, 3.05) is 0 Å². The number of hydrogen-bond acceptors (Lipinski definition) is 6. The molecule has 0 radical (unpaired) electrons. The molecule has 4 heterocycles. The van der Waals surface area contributed by atoms with Crippen molar-refractivity contribution in [1.29, 1.82) is 0 Å². The molecule has 0 aliphatic heterocycles. The smallest absolute Gasteiger partial charge is 0.261 e. The lowest BCUT2D eigenvalue weighted by Crippen LogP contribution is -2.36. The zero-order valence-corrected chi connectivity index (χ0v) is 26.2. The fourth-order valence-electron chi connectivity index (χ4n) is 5.37. The summed E-state index contributed by atoms with van der Waals surface area (Å²) < 4.78 is 2.15. The van der Waals surface area contributed by atoms with Crippen LogP contribution >= 0.6 is 0 Å². The molecule has 6 aromatic rings. The van der Waals surface area contributed by atoms with Crippen LogP contribution in [0.5, 0.6) is 0 Å². The molecule has 0 fully saturated rings. The maximum absolute atomic E-state index is 4.96. The van der Waals surface area contributed by atoms with E-state index in [-0.39, 0.29) is 11.8 Å². The zero-order chi connectivity index (χ0) is 31.2. The van der Waals surface area contributed by atoms with Crippen molar-refractivity contribution in [2.24, 2.45) is 0 Å². The highest BCUT2D eigenvalue weighted by Gasteiger charge is 2.21. The quantitative estimate of drug-likeness (QED) is 0.149. The third kappa shape index (κ3) is 6.99. The van der Waals surface area contributed by atoms with Gasteiger partial charge in [-0.15, -0.1) is 0 Å². The van der Waals surface area contributed by atoms with E-state index in [1.165, 1.54) is 0 Å². The average Bonchev–Trinajstić information content (AvgIpc) is 3.11.